The lowest BCUT2D eigenvalue weighted by molar-refractivity contribution is -0.384. The Morgan fingerprint density at radius 1 is 1.38 bits per heavy atom. The van der Waals surface area contributed by atoms with Gasteiger partial charge in [-0.25, -0.2) is 8.42 Å². The molecule has 0 aliphatic carbocycles. The number of rotatable bonds is 3. The second-order valence-electron chi connectivity index (χ2n) is 2.65. The zero-order valence-electron chi connectivity index (χ0n) is 7.38. The molecule has 16 heavy (non-hydrogen) atoms. The Bertz CT molecular complexity index is 568. The van der Waals surface area contributed by atoms with Gasteiger partial charge in [0.25, 0.3) is 20.0 Å². The van der Waals surface area contributed by atoms with E-state index < -0.39 is 35.4 Å². The van der Waals surface area contributed by atoms with Crippen molar-refractivity contribution >= 4 is 42.3 Å². The van der Waals surface area contributed by atoms with Gasteiger partial charge >= 0.3 is 0 Å². The number of nitrogens with zero attached hydrogens (tertiary/aromatic N) is 1. The molecule has 6 nitrogen and oxygen atoms in total. The summed E-state index contributed by atoms with van der Waals surface area (Å²) < 4.78 is 22.0. The van der Waals surface area contributed by atoms with Crippen molar-refractivity contribution in [3.63, 3.8) is 0 Å². The van der Waals surface area contributed by atoms with Crippen molar-refractivity contribution in [1.29, 1.82) is 0 Å². The number of non-ortho nitro benzene ring substituents is 1. The zero-order chi connectivity index (χ0) is 12.5. The van der Waals surface area contributed by atoms with Crippen LogP contribution in [0.2, 0.25) is 0 Å². The molecule has 1 aromatic rings. The van der Waals surface area contributed by atoms with E-state index in [2.05, 4.69) is 0 Å². The van der Waals surface area contributed by atoms with Crippen LogP contribution in [0.4, 0.5) is 5.69 Å². The number of halogens is 2. The van der Waals surface area contributed by atoms with E-state index >= 15 is 0 Å². The summed E-state index contributed by atoms with van der Waals surface area (Å²) in [6.45, 7) is 0. The molecule has 0 N–H and O–H groups in total. The van der Waals surface area contributed by atoms with Gasteiger partial charge in [-0.1, -0.05) is 0 Å². The highest BCUT2D eigenvalue weighted by molar-refractivity contribution is 8.13. The number of nitro benzene ring substituents is 1. The van der Waals surface area contributed by atoms with Gasteiger partial charge in [0.1, 0.15) is 0 Å². The maximum absolute atomic E-state index is 11.0. The molecule has 0 amide bonds. The van der Waals surface area contributed by atoms with Gasteiger partial charge in [-0.15, -0.1) is 0 Å². The van der Waals surface area contributed by atoms with Gasteiger partial charge in [-0.3, -0.25) is 14.9 Å². The van der Waals surface area contributed by atoms with Crippen LogP contribution in [0.1, 0.15) is 10.4 Å². The van der Waals surface area contributed by atoms with Crippen LogP contribution in [0.25, 0.3) is 0 Å². The largest absolute Gasteiger partial charge is 0.276 e. The van der Waals surface area contributed by atoms with E-state index in [9.17, 15) is 23.3 Å². The maximum atomic E-state index is 11.0. The van der Waals surface area contributed by atoms with Gasteiger partial charge in [0.2, 0.25) is 0 Å². The fourth-order valence-corrected chi connectivity index (χ4v) is 2.26. The summed E-state index contributed by atoms with van der Waals surface area (Å²) >= 11 is 5.11. The van der Waals surface area contributed by atoms with Crippen LogP contribution >= 0.6 is 22.3 Å². The van der Waals surface area contributed by atoms with Gasteiger partial charge in [0.05, 0.1) is 15.4 Å². The molecule has 0 spiro atoms. The van der Waals surface area contributed by atoms with Crippen LogP contribution in [0, 0.1) is 10.1 Å². The van der Waals surface area contributed by atoms with Gasteiger partial charge in [0.15, 0.2) is 0 Å². The average molecular weight is 284 g/mol. The first-order valence-corrected chi connectivity index (χ1v) is 6.35. The normalized spacial score (nSPS) is 11.1. The third-order valence-electron chi connectivity index (χ3n) is 1.65. The Labute approximate surface area is 99.3 Å². The lowest BCUT2D eigenvalue weighted by atomic mass is 10.2. The van der Waals surface area contributed by atoms with Crippen molar-refractivity contribution in [2.24, 2.45) is 0 Å². The summed E-state index contributed by atoms with van der Waals surface area (Å²) in [5.41, 5.74) is -0.973. The topological polar surface area (TPSA) is 94.3 Å². The van der Waals surface area contributed by atoms with Crippen molar-refractivity contribution in [2.75, 3.05) is 0 Å². The first-order chi connectivity index (χ1) is 7.23. The summed E-state index contributed by atoms with van der Waals surface area (Å²) in [6.07, 6.45) is 0. The number of carbonyl (C=O) groups excluding carboxylic acids is 1. The quantitative estimate of drug-likeness (QED) is 0.480. The monoisotopic (exact) mass is 283 g/mol. The summed E-state index contributed by atoms with van der Waals surface area (Å²) in [6, 6.07) is 2.53. The Balaban J connectivity index is 3.55. The van der Waals surface area contributed by atoms with E-state index in [4.69, 9.17) is 22.3 Å². The Morgan fingerprint density at radius 3 is 2.31 bits per heavy atom. The molecule has 0 heterocycles. The average Bonchev–Trinajstić information content (AvgIpc) is 2.15. The number of benzene rings is 1. The fraction of sp³-hybridized carbons (Fsp3) is 0. The molecule has 1 aromatic carbocycles. The molecule has 0 radical (unpaired) electrons. The van der Waals surface area contributed by atoms with Crippen LogP contribution in [0.15, 0.2) is 23.1 Å². The van der Waals surface area contributed by atoms with Crippen molar-refractivity contribution in [1.82, 2.24) is 0 Å². The second kappa shape index (κ2) is 4.36. The third kappa shape index (κ3) is 2.69. The van der Waals surface area contributed by atoms with Gasteiger partial charge in [0, 0.05) is 22.8 Å². The maximum Gasteiger partial charge on any atom is 0.270 e. The number of carbonyl (C=O) groups is 1. The third-order valence-corrected chi connectivity index (χ3v) is 3.23. The molecular formula is C7H3Cl2NO5S. The molecule has 1 rings (SSSR count). The van der Waals surface area contributed by atoms with E-state index in [0.29, 0.717) is 0 Å². The first-order valence-electron chi connectivity index (χ1n) is 3.66. The van der Waals surface area contributed by atoms with Gasteiger partial charge in [-0.2, -0.15) is 0 Å². The minimum Gasteiger partial charge on any atom is -0.276 e. The van der Waals surface area contributed by atoms with Gasteiger partial charge in [-0.05, 0) is 17.7 Å². The minimum absolute atomic E-state index is 0.451. The summed E-state index contributed by atoms with van der Waals surface area (Å²) in [5, 5.41) is 9.27. The predicted octanol–water partition coefficient (Wildman–Crippen LogP) is 1.90. The molecule has 0 bridgehead atoms. The highest BCUT2D eigenvalue weighted by atomic mass is 35.7. The van der Waals surface area contributed by atoms with E-state index in [-0.39, 0.29) is 0 Å². The molecule has 0 unspecified atom stereocenters. The Hall–Kier alpha value is -1.18. The van der Waals surface area contributed by atoms with Crippen LogP contribution in [-0.4, -0.2) is 18.6 Å². The standard InChI is InChI=1S/C7H3Cl2NO5S/c8-7(11)5-3-4(10(12)13)1-2-6(5)16(9,14)15/h1-3H. The smallest absolute Gasteiger partial charge is 0.270 e. The van der Waals surface area contributed by atoms with Crippen molar-refractivity contribution in [3.05, 3.63) is 33.9 Å². The highest BCUT2D eigenvalue weighted by Gasteiger charge is 2.22. The lowest BCUT2D eigenvalue weighted by Crippen LogP contribution is -2.02. The molecular weight excluding hydrogens is 281 g/mol. The lowest BCUT2D eigenvalue weighted by Gasteiger charge is -2.01. The Morgan fingerprint density at radius 2 is 1.94 bits per heavy atom. The summed E-state index contributed by atoms with van der Waals surface area (Å²) in [7, 11) is 0.855. The van der Waals surface area contributed by atoms with Crippen molar-refractivity contribution < 1.29 is 18.1 Å². The van der Waals surface area contributed by atoms with Crippen LogP contribution in [-0.2, 0) is 9.05 Å². The number of nitro groups is 1. The minimum atomic E-state index is -4.18. The zero-order valence-corrected chi connectivity index (χ0v) is 9.71. The van der Waals surface area contributed by atoms with E-state index in [1.54, 1.807) is 0 Å². The van der Waals surface area contributed by atoms with Crippen LogP contribution in [0.5, 0.6) is 0 Å². The summed E-state index contributed by atoms with van der Waals surface area (Å²) in [5.74, 6) is 0. The SMILES string of the molecule is O=C(Cl)c1cc([N+](=O)[O-])ccc1S(=O)(=O)Cl. The van der Waals surface area contributed by atoms with E-state index in [0.717, 1.165) is 18.2 Å². The molecule has 0 fully saturated rings. The molecule has 0 aliphatic heterocycles. The Kier molecular flexibility index (Phi) is 3.51. The van der Waals surface area contributed by atoms with Gasteiger partial charge < -0.3 is 0 Å². The second-order valence-corrected chi connectivity index (χ2v) is 5.53. The molecule has 0 aromatic heterocycles. The van der Waals surface area contributed by atoms with Crippen molar-refractivity contribution in [2.45, 2.75) is 4.90 Å². The summed E-state index contributed by atoms with van der Waals surface area (Å²) in [4.78, 5) is 20.0. The molecule has 86 valence electrons. The predicted molar refractivity (Wildman–Crippen MR) is 56.3 cm³/mol. The number of hydrogen-bond acceptors (Lipinski definition) is 5. The fourth-order valence-electron chi connectivity index (χ4n) is 0.998. The highest BCUT2D eigenvalue weighted by Crippen LogP contribution is 2.25. The molecule has 0 saturated carbocycles. The van der Waals surface area contributed by atoms with Crippen LogP contribution in [0.3, 0.4) is 0 Å². The molecule has 9 heteroatoms. The van der Waals surface area contributed by atoms with E-state index in [1.165, 1.54) is 0 Å². The number of hydrogen-bond donors (Lipinski definition) is 0. The molecule has 0 saturated heterocycles. The van der Waals surface area contributed by atoms with E-state index in [1.807, 2.05) is 0 Å². The molecule has 0 atom stereocenters. The molecule has 0 aliphatic rings. The first kappa shape index (κ1) is 12.9. The van der Waals surface area contributed by atoms with Crippen LogP contribution < -0.4 is 0 Å². The van der Waals surface area contributed by atoms with Crippen molar-refractivity contribution in [3.8, 4) is 0 Å².